The highest BCUT2D eigenvalue weighted by Gasteiger charge is 2.22. The normalized spacial score (nSPS) is 23.2. The first-order valence-electron chi connectivity index (χ1n) is 6.63. The van der Waals surface area contributed by atoms with Crippen LogP contribution in [0.3, 0.4) is 0 Å². The van der Waals surface area contributed by atoms with Crippen LogP contribution < -0.4 is 11.1 Å². The third kappa shape index (κ3) is 3.52. The van der Waals surface area contributed by atoms with E-state index in [1.54, 1.807) is 12.1 Å². The number of carbonyl (C=O) groups excluding carboxylic acids is 1. The van der Waals surface area contributed by atoms with Crippen molar-refractivity contribution in [2.24, 2.45) is 5.73 Å². The molecule has 2 rings (SSSR count). The van der Waals surface area contributed by atoms with Gasteiger partial charge >= 0.3 is 0 Å². The topological polar surface area (TPSA) is 91.8 Å². The number of hydrogen-bond acceptors (Lipinski definition) is 4. The fraction of sp³-hybridized carbons (Fsp3) is 0.500. The van der Waals surface area contributed by atoms with E-state index in [-0.39, 0.29) is 18.0 Å². The Bertz CT molecular complexity index is 477. The van der Waals surface area contributed by atoms with Crippen molar-refractivity contribution >= 4 is 5.91 Å². The molecule has 0 saturated heterocycles. The van der Waals surface area contributed by atoms with Crippen LogP contribution in [0.2, 0.25) is 0 Å². The average Bonchev–Trinajstić information content (AvgIpc) is 2.64. The minimum absolute atomic E-state index is 0.0184. The standard InChI is InChI=1S/C14H18N4O/c15-8-10-6-7-13(17-9-10)14(19)18-12-5-3-1-2-4-11(12)16/h6-7,9,11-12H,1-5,16H2,(H,18,19). The first-order valence-corrected chi connectivity index (χ1v) is 6.63. The Balaban J connectivity index is 2.01. The van der Waals surface area contributed by atoms with Gasteiger partial charge in [0, 0.05) is 18.3 Å². The number of rotatable bonds is 2. The molecule has 1 aromatic heterocycles. The highest BCUT2D eigenvalue weighted by Crippen LogP contribution is 2.17. The molecule has 5 heteroatoms. The zero-order chi connectivity index (χ0) is 13.7. The van der Waals surface area contributed by atoms with Crippen LogP contribution in [0.4, 0.5) is 0 Å². The second kappa shape index (κ2) is 6.30. The van der Waals surface area contributed by atoms with Gasteiger partial charge in [0.25, 0.3) is 5.91 Å². The third-order valence-electron chi connectivity index (χ3n) is 3.51. The third-order valence-corrected chi connectivity index (χ3v) is 3.51. The fourth-order valence-electron chi connectivity index (χ4n) is 2.35. The number of carbonyl (C=O) groups is 1. The number of nitriles is 1. The number of nitrogens with zero attached hydrogens (tertiary/aromatic N) is 2. The molecule has 2 atom stereocenters. The van der Waals surface area contributed by atoms with E-state index in [4.69, 9.17) is 11.0 Å². The summed E-state index contributed by atoms with van der Waals surface area (Å²) in [6, 6.07) is 5.17. The van der Waals surface area contributed by atoms with Gasteiger partial charge in [0.2, 0.25) is 0 Å². The van der Waals surface area contributed by atoms with Crippen LogP contribution in [0.1, 0.15) is 48.2 Å². The summed E-state index contributed by atoms with van der Waals surface area (Å²) in [7, 11) is 0. The van der Waals surface area contributed by atoms with E-state index in [2.05, 4.69) is 10.3 Å². The number of amides is 1. The predicted molar refractivity (Wildman–Crippen MR) is 71.3 cm³/mol. The summed E-state index contributed by atoms with van der Waals surface area (Å²) < 4.78 is 0. The van der Waals surface area contributed by atoms with E-state index in [0.717, 1.165) is 25.7 Å². The lowest BCUT2D eigenvalue weighted by molar-refractivity contribution is 0.0924. The summed E-state index contributed by atoms with van der Waals surface area (Å²) >= 11 is 0. The Morgan fingerprint density at radius 3 is 2.84 bits per heavy atom. The zero-order valence-corrected chi connectivity index (χ0v) is 10.8. The molecule has 0 spiro atoms. The summed E-state index contributed by atoms with van der Waals surface area (Å²) in [5, 5.41) is 11.6. The van der Waals surface area contributed by atoms with Crippen molar-refractivity contribution in [1.29, 1.82) is 5.26 Å². The van der Waals surface area contributed by atoms with Gasteiger partial charge in [-0.1, -0.05) is 19.3 Å². The molecular formula is C14H18N4O. The molecule has 1 aliphatic carbocycles. The van der Waals surface area contributed by atoms with Crippen LogP contribution in [-0.4, -0.2) is 23.0 Å². The van der Waals surface area contributed by atoms with Crippen LogP contribution in [-0.2, 0) is 0 Å². The van der Waals surface area contributed by atoms with Crippen LogP contribution in [0, 0.1) is 11.3 Å². The van der Waals surface area contributed by atoms with Gasteiger partial charge in [0.15, 0.2) is 0 Å². The van der Waals surface area contributed by atoms with Gasteiger partial charge in [-0.2, -0.15) is 5.26 Å². The molecule has 5 nitrogen and oxygen atoms in total. The molecule has 0 aliphatic heterocycles. The summed E-state index contributed by atoms with van der Waals surface area (Å²) in [5.74, 6) is -0.216. The molecule has 0 aromatic carbocycles. The summed E-state index contributed by atoms with van der Waals surface area (Å²) in [6.07, 6.45) is 6.67. The molecule has 0 radical (unpaired) electrons. The van der Waals surface area contributed by atoms with Crippen LogP contribution in [0.5, 0.6) is 0 Å². The Labute approximate surface area is 112 Å². The molecule has 2 unspecified atom stereocenters. The number of nitrogens with one attached hydrogen (secondary N) is 1. The maximum atomic E-state index is 12.1. The SMILES string of the molecule is N#Cc1ccc(C(=O)NC2CCCCCC2N)nc1. The van der Waals surface area contributed by atoms with Crippen molar-refractivity contribution in [3.8, 4) is 6.07 Å². The summed E-state index contributed by atoms with van der Waals surface area (Å²) in [4.78, 5) is 16.0. The Morgan fingerprint density at radius 2 is 2.16 bits per heavy atom. The second-order valence-electron chi connectivity index (χ2n) is 4.93. The van der Waals surface area contributed by atoms with Crippen LogP contribution >= 0.6 is 0 Å². The lowest BCUT2D eigenvalue weighted by Gasteiger charge is -2.22. The van der Waals surface area contributed by atoms with Gasteiger partial charge in [0.1, 0.15) is 11.8 Å². The maximum Gasteiger partial charge on any atom is 0.270 e. The monoisotopic (exact) mass is 258 g/mol. The summed E-state index contributed by atoms with van der Waals surface area (Å²) in [5.41, 5.74) is 6.85. The predicted octanol–water partition coefficient (Wildman–Crippen LogP) is 1.34. The van der Waals surface area contributed by atoms with E-state index in [9.17, 15) is 4.79 Å². The molecule has 1 aliphatic rings. The van der Waals surface area contributed by atoms with Gasteiger partial charge in [-0.25, -0.2) is 4.98 Å². The lowest BCUT2D eigenvalue weighted by Crippen LogP contribution is -2.47. The molecule has 1 fully saturated rings. The second-order valence-corrected chi connectivity index (χ2v) is 4.93. The Hall–Kier alpha value is -1.93. The minimum atomic E-state index is -0.216. The van der Waals surface area contributed by atoms with E-state index < -0.39 is 0 Å². The van der Waals surface area contributed by atoms with Crippen molar-refractivity contribution in [1.82, 2.24) is 10.3 Å². The quantitative estimate of drug-likeness (QED) is 0.783. The maximum absolute atomic E-state index is 12.1. The first kappa shape index (κ1) is 13.5. The summed E-state index contributed by atoms with van der Waals surface area (Å²) in [6.45, 7) is 0. The molecule has 1 aromatic rings. The van der Waals surface area contributed by atoms with Crippen molar-refractivity contribution < 1.29 is 4.79 Å². The van der Waals surface area contributed by atoms with Gasteiger partial charge in [-0.3, -0.25) is 4.79 Å². The van der Waals surface area contributed by atoms with Gasteiger partial charge < -0.3 is 11.1 Å². The molecule has 3 N–H and O–H groups in total. The van der Waals surface area contributed by atoms with Crippen LogP contribution in [0.25, 0.3) is 0 Å². The highest BCUT2D eigenvalue weighted by molar-refractivity contribution is 5.92. The van der Waals surface area contributed by atoms with Crippen molar-refractivity contribution in [2.45, 2.75) is 44.2 Å². The highest BCUT2D eigenvalue weighted by atomic mass is 16.1. The number of aromatic nitrogens is 1. The van der Waals surface area contributed by atoms with Gasteiger partial charge in [0.05, 0.1) is 5.56 Å². The first-order chi connectivity index (χ1) is 9.20. The van der Waals surface area contributed by atoms with Crippen molar-refractivity contribution in [2.75, 3.05) is 0 Å². The smallest absolute Gasteiger partial charge is 0.270 e. The molecule has 0 bridgehead atoms. The van der Waals surface area contributed by atoms with Gasteiger partial charge in [-0.15, -0.1) is 0 Å². The van der Waals surface area contributed by atoms with Gasteiger partial charge in [-0.05, 0) is 25.0 Å². The Kier molecular flexibility index (Phi) is 4.48. The molecule has 1 heterocycles. The molecule has 100 valence electrons. The average molecular weight is 258 g/mol. The van der Waals surface area contributed by atoms with E-state index >= 15 is 0 Å². The molecule has 19 heavy (non-hydrogen) atoms. The number of hydrogen-bond donors (Lipinski definition) is 2. The lowest BCUT2D eigenvalue weighted by atomic mass is 10.0. The number of pyridine rings is 1. The minimum Gasteiger partial charge on any atom is -0.346 e. The van der Waals surface area contributed by atoms with Crippen LogP contribution in [0.15, 0.2) is 18.3 Å². The molecule has 1 saturated carbocycles. The Morgan fingerprint density at radius 1 is 1.37 bits per heavy atom. The van der Waals surface area contributed by atoms with E-state index in [1.165, 1.54) is 12.6 Å². The molecular weight excluding hydrogens is 240 g/mol. The van der Waals surface area contributed by atoms with Crippen molar-refractivity contribution in [3.63, 3.8) is 0 Å². The molecule has 1 amide bonds. The fourth-order valence-corrected chi connectivity index (χ4v) is 2.35. The zero-order valence-electron chi connectivity index (χ0n) is 10.8. The largest absolute Gasteiger partial charge is 0.346 e. The van der Waals surface area contributed by atoms with E-state index in [1.807, 2.05) is 6.07 Å². The number of nitrogens with two attached hydrogens (primary N) is 1. The van der Waals surface area contributed by atoms with E-state index in [0.29, 0.717) is 11.3 Å². The van der Waals surface area contributed by atoms with Crippen molar-refractivity contribution in [3.05, 3.63) is 29.6 Å².